The van der Waals surface area contributed by atoms with E-state index in [1.165, 1.54) is 0 Å². The van der Waals surface area contributed by atoms with Gasteiger partial charge in [0.25, 0.3) is 5.91 Å². The molecule has 1 unspecified atom stereocenters. The lowest BCUT2D eigenvalue weighted by Gasteiger charge is -2.11. The molecular weight excluding hydrogens is 408 g/mol. The van der Waals surface area contributed by atoms with Crippen LogP contribution >= 0.6 is 0 Å². The minimum Gasteiger partial charge on any atom is -0.484 e. The summed E-state index contributed by atoms with van der Waals surface area (Å²) in [5, 5.41) is 0. The molecule has 1 aliphatic heterocycles. The molecule has 3 rings (SSSR count). The van der Waals surface area contributed by atoms with E-state index in [2.05, 4.69) is 10.9 Å². The van der Waals surface area contributed by atoms with Gasteiger partial charge in [0.1, 0.15) is 5.75 Å². The average molecular weight is 430 g/mol. The summed E-state index contributed by atoms with van der Waals surface area (Å²) in [5.41, 5.74) is 5.57. The first kappa shape index (κ1) is 21.5. The molecule has 0 saturated carbocycles. The van der Waals surface area contributed by atoms with Crippen molar-refractivity contribution in [2.24, 2.45) is 5.92 Å². The van der Waals surface area contributed by atoms with Crippen LogP contribution in [0.1, 0.15) is 28.8 Å². The van der Waals surface area contributed by atoms with E-state index in [0.29, 0.717) is 23.3 Å². The number of rotatable bonds is 7. The Bertz CT molecular complexity index is 1020. The van der Waals surface area contributed by atoms with Crippen LogP contribution in [-0.2, 0) is 19.4 Å². The summed E-state index contributed by atoms with van der Waals surface area (Å²) in [7, 11) is -3.04. The molecule has 1 aliphatic rings. The van der Waals surface area contributed by atoms with Crippen LogP contribution in [0.25, 0.3) is 0 Å². The van der Waals surface area contributed by atoms with Crippen LogP contribution in [0.2, 0.25) is 0 Å². The zero-order chi connectivity index (χ0) is 21.6. The van der Waals surface area contributed by atoms with Crippen molar-refractivity contribution in [2.75, 3.05) is 18.1 Å². The van der Waals surface area contributed by atoms with Gasteiger partial charge < -0.3 is 4.74 Å². The smallest absolute Gasteiger partial charge is 0.276 e. The number of hydrogen-bond acceptors (Lipinski definition) is 6. The van der Waals surface area contributed by atoms with Gasteiger partial charge >= 0.3 is 0 Å². The quantitative estimate of drug-likeness (QED) is 0.504. The first-order valence-corrected chi connectivity index (χ1v) is 11.3. The number of hydrogen-bond donors (Lipinski definition) is 2. The van der Waals surface area contributed by atoms with Gasteiger partial charge in [0.2, 0.25) is 5.91 Å². The maximum atomic E-state index is 12.4. The molecule has 1 saturated heterocycles. The molecule has 0 aromatic heterocycles. The predicted octanol–water partition coefficient (Wildman–Crippen LogP) is 1.27. The fourth-order valence-corrected chi connectivity index (χ4v) is 4.99. The molecule has 8 nitrogen and oxygen atoms in total. The zero-order valence-corrected chi connectivity index (χ0v) is 17.0. The molecule has 1 atom stereocenters. The van der Waals surface area contributed by atoms with Crippen molar-refractivity contribution in [3.63, 3.8) is 0 Å². The van der Waals surface area contributed by atoms with Crippen molar-refractivity contribution < 1.29 is 27.5 Å². The Hall–Kier alpha value is -3.20. The van der Waals surface area contributed by atoms with Crippen LogP contribution in [0.15, 0.2) is 54.6 Å². The molecule has 0 bridgehead atoms. The molecule has 2 aromatic carbocycles. The van der Waals surface area contributed by atoms with Gasteiger partial charge in [0, 0.05) is 17.5 Å². The van der Waals surface area contributed by atoms with Crippen molar-refractivity contribution in [1.29, 1.82) is 0 Å². The van der Waals surface area contributed by atoms with Crippen molar-refractivity contribution in [1.82, 2.24) is 10.9 Å². The van der Waals surface area contributed by atoms with E-state index < -0.39 is 21.7 Å². The molecule has 9 heteroatoms. The highest BCUT2D eigenvalue weighted by atomic mass is 32.2. The second-order valence-electron chi connectivity index (χ2n) is 7.08. The highest BCUT2D eigenvalue weighted by Gasteiger charge is 2.29. The first-order valence-electron chi connectivity index (χ1n) is 9.43. The van der Waals surface area contributed by atoms with E-state index in [4.69, 9.17) is 4.74 Å². The number of carbonyl (C=O) groups is 3. The van der Waals surface area contributed by atoms with Gasteiger partial charge in [-0.05, 0) is 36.6 Å². The van der Waals surface area contributed by atoms with Gasteiger partial charge in [-0.2, -0.15) is 0 Å². The lowest BCUT2D eigenvalue weighted by atomic mass is 10.0. The lowest BCUT2D eigenvalue weighted by Crippen LogP contribution is -2.44. The van der Waals surface area contributed by atoms with Gasteiger partial charge in [-0.25, -0.2) is 8.42 Å². The predicted molar refractivity (Wildman–Crippen MR) is 109 cm³/mol. The Morgan fingerprint density at radius 2 is 1.53 bits per heavy atom. The average Bonchev–Trinajstić information content (AvgIpc) is 3.09. The Morgan fingerprint density at radius 3 is 2.17 bits per heavy atom. The molecule has 2 aromatic rings. The Labute approximate surface area is 174 Å². The lowest BCUT2D eigenvalue weighted by molar-refractivity contribution is -0.130. The van der Waals surface area contributed by atoms with E-state index in [1.807, 2.05) is 6.07 Å². The Kier molecular flexibility index (Phi) is 6.83. The SMILES string of the molecule is O=C(COc1ccc(C(=O)c2ccccc2)cc1)NNC(=O)CC1CCS(=O)(=O)C1. The van der Waals surface area contributed by atoms with Crippen LogP contribution < -0.4 is 15.6 Å². The molecule has 0 spiro atoms. The minimum atomic E-state index is -3.04. The van der Waals surface area contributed by atoms with Crippen molar-refractivity contribution in [3.8, 4) is 5.75 Å². The van der Waals surface area contributed by atoms with Gasteiger partial charge in [0.15, 0.2) is 22.2 Å². The zero-order valence-electron chi connectivity index (χ0n) is 16.2. The summed E-state index contributed by atoms with van der Waals surface area (Å²) in [6.45, 7) is -0.329. The summed E-state index contributed by atoms with van der Waals surface area (Å²) in [5.74, 6) is -0.850. The van der Waals surface area contributed by atoms with Crippen LogP contribution in [0.5, 0.6) is 5.75 Å². The number of carbonyl (C=O) groups excluding carboxylic acids is 3. The molecule has 2 N–H and O–H groups in total. The summed E-state index contributed by atoms with van der Waals surface area (Å²) in [6, 6.07) is 15.3. The van der Waals surface area contributed by atoms with Crippen molar-refractivity contribution in [2.45, 2.75) is 12.8 Å². The number of amides is 2. The topological polar surface area (TPSA) is 119 Å². The van der Waals surface area contributed by atoms with Crippen molar-refractivity contribution in [3.05, 3.63) is 65.7 Å². The number of nitrogens with one attached hydrogen (secondary N) is 2. The van der Waals surface area contributed by atoms with E-state index in [0.717, 1.165) is 0 Å². The number of benzene rings is 2. The van der Waals surface area contributed by atoms with Crippen molar-refractivity contribution >= 4 is 27.4 Å². The molecular formula is C21H22N2O6S. The Balaban J connectivity index is 1.40. The largest absolute Gasteiger partial charge is 0.484 e. The monoisotopic (exact) mass is 430 g/mol. The maximum Gasteiger partial charge on any atom is 0.276 e. The normalized spacial score (nSPS) is 17.1. The molecule has 1 fully saturated rings. The molecule has 158 valence electrons. The standard InChI is InChI=1S/C21H22N2O6S/c24-19(12-15-10-11-30(27,28)14-15)22-23-20(25)13-29-18-8-6-17(7-9-18)21(26)16-4-2-1-3-5-16/h1-9,15H,10-14H2,(H,22,24)(H,23,25). The minimum absolute atomic E-state index is 0.000246. The Morgan fingerprint density at radius 1 is 0.900 bits per heavy atom. The number of ether oxygens (including phenoxy) is 1. The fourth-order valence-electron chi connectivity index (χ4n) is 3.13. The highest BCUT2D eigenvalue weighted by molar-refractivity contribution is 7.91. The molecule has 2 amide bonds. The highest BCUT2D eigenvalue weighted by Crippen LogP contribution is 2.21. The summed E-state index contributed by atoms with van der Waals surface area (Å²) in [6.07, 6.45) is 0.493. The van der Waals surface area contributed by atoms with Gasteiger partial charge in [-0.1, -0.05) is 30.3 Å². The van der Waals surface area contributed by atoms with E-state index >= 15 is 0 Å². The van der Waals surface area contributed by atoms with Gasteiger partial charge in [-0.3, -0.25) is 25.2 Å². The van der Waals surface area contributed by atoms with E-state index in [1.54, 1.807) is 48.5 Å². The second-order valence-corrected chi connectivity index (χ2v) is 9.31. The van der Waals surface area contributed by atoms with Gasteiger partial charge in [-0.15, -0.1) is 0 Å². The van der Waals surface area contributed by atoms with Crippen LogP contribution in [-0.4, -0.2) is 44.1 Å². The molecule has 0 aliphatic carbocycles. The summed E-state index contributed by atoms with van der Waals surface area (Å²) in [4.78, 5) is 36.0. The van der Waals surface area contributed by atoms with E-state index in [-0.39, 0.29) is 36.2 Å². The van der Waals surface area contributed by atoms with Gasteiger partial charge in [0.05, 0.1) is 11.5 Å². The third kappa shape index (κ3) is 6.15. The maximum absolute atomic E-state index is 12.4. The number of sulfone groups is 1. The number of ketones is 1. The molecule has 1 heterocycles. The second kappa shape index (κ2) is 9.53. The fraction of sp³-hybridized carbons (Fsp3) is 0.286. The first-order chi connectivity index (χ1) is 14.3. The van der Waals surface area contributed by atoms with Crippen LogP contribution in [0, 0.1) is 5.92 Å². The van der Waals surface area contributed by atoms with Crippen LogP contribution in [0.3, 0.4) is 0 Å². The third-order valence-electron chi connectivity index (χ3n) is 4.66. The molecule has 0 radical (unpaired) electrons. The van der Waals surface area contributed by atoms with Crippen LogP contribution in [0.4, 0.5) is 0 Å². The number of hydrazine groups is 1. The summed E-state index contributed by atoms with van der Waals surface area (Å²) < 4.78 is 28.2. The third-order valence-corrected chi connectivity index (χ3v) is 6.50. The van der Waals surface area contributed by atoms with E-state index in [9.17, 15) is 22.8 Å². The molecule has 30 heavy (non-hydrogen) atoms. The summed E-state index contributed by atoms with van der Waals surface area (Å²) >= 11 is 0.